The first kappa shape index (κ1) is 16.8. The predicted octanol–water partition coefficient (Wildman–Crippen LogP) is 2.78. The van der Waals surface area contributed by atoms with E-state index >= 15 is 0 Å². The first-order valence-corrected chi connectivity index (χ1v) is 6.00. The van der Waals surface area contributed by atoms with Crippen LogP contribution in [0.15, 0.2) is 18.2 Å². The predicted molar refractivity (Wildman–Crippen MR) is 65.0 cm³/mol. The Morgan fingerprint density at radius 2 is 1.95 bits per heavy atom. The number of aliphatic carboxylic acids is 1. The smallest absolute Gasteiger partial charge is 0.481 e. The van der Waals surface area contributed by atoms with Crippen LogP contribution in [0.5, 0.6) is 5.75 Å². The molecule has 0 heterocycles. The summed E-state index contributed by atoms with van der Waals surface area (Å²) >= 11 is 0. The van der Waals surface area contributed by atoms with Gasteiger partial charge in [-0.2, -0.15) is 0 Å². The van der Waals surface area contributed by atoms with E-state index in [1.165, 1.54) is 13.0 Å². The molecule has 0 spiro atoms. The fourth-order valence-electron chi connectivity index (χ4n) is 1.57. The second-order valence-electron chi connectivity index (χ2n) is 3.99. The molecule has 0 aliphatic rings. The Hall–Kier alpha value is -2.25. The molecule has 1 rings (SSSR count). The van der Waals surface area contributed by atoms with Crippen LogP contribution >= 0.6 is 0 Å². The molecule has 116 valence electrons. The minimum atomic E-state index is -4.94. The average molecular weight is 306 g/mol. The van der Waals surface area contributed by atoms with Crippen LogP contribution in [0.1, 0.15) is 29.3 Å². The summed E-state index contributed by atoms with van der Waals surface area (Å²) in [4.78, 5) is 22.1. The van der Waals surface area contributed by atoms with Crippen molar-refractivity contribution in [1.82, 2.24) is 0 Å². The number of esters is 1. The molecule has 21 heavy (non-hydrogen) atoms. The minimum absolute atomic E-state index is 0.0103. The van der Waals surface area contributed by atoms with E-state index in [9.17, 15) is 22.8 Å². The number of alkyl halides is 3. The van der Waals surface area contributed by atoms with Gasteiger partial charge in [-0.25, -0.2) is 4.79 Å². The molecule has 0 amide bonds. The molecule has 1 aromatic rings. The van der Waals surface area contributed by atoms with Gasteiger partial charge in [0.15, 0.2) is 0 Å². The van der Waals surface area contributed by atoms with Crippen molar-refractivity contribution in [2.45, 2.75) is 26.1 Å². The highest BCUT2D eigenvalue weighted by atomic mass is 19.4. The maximum absolute atomic E-state index is 12.3. The number of hydrogen-bond acceptors (Lipinski definition) is 4. The van der Waals surface area contributed by atoms with Crippen molar-refractivity contribution in [2.24, 2.45) is 0 Å². The summed E-state index contributed by atoms with van der Waals surface area (Å²) in [5, 5.41) is 8.58. The fraction of sp³-hybridized carbons (Fsp3) is 0.385. The third-order valence-corrected chi connectivity index (χ3v) is 2.39. The Labute approximate surface area is 118 Å². The second-order valence-corrected chi connectivity index (χ2v) is 3.99. The van der Waals surface area contributed by atoms with Gasteiger partial charge in [-0.3, -0.25) is 4.79 Å². The third-order valence-electron chi connectivity index (χ3n) is 2.39. The van der Waals surface area contributed by atoms with Crippen molar-refractivity contribution >= 4 is 11.9 Å². The summed E-state index contributed by atoms with van der Waals surface area (Å²) in [5.41, 5.74) is 0.00652. The molecule has 0 atom stereocenters. The molecule has 0 saturated carbocycles. The summed E-state index contributed by atoms with van der Waals surface area (Å²) in [5.74, 6) is -2.70. The van der Waals surface area contributed by atoms with Gasteiger partial charge < -0.3 is 14.6 Å². The minimum Gasteiger partial charge on any atom is -0.481 e. The summed E-state index contributed by atoms with van der Waals surface area (Å²) in [6.45, 7) is 1.50. The van der Waals surface area contributed by atoms with Gasteiger partial charge in [-0.15, -0.1) is 13.2 Å². The number of ether oxygens (including phenoxy) is 2. The van der Waals surface area contributed by atoms with Gasteiger partial charge in [-0.1, -0.05) is 6.07 Å². The number of hydrogen-bond donors (Lipinski definition) is 1. The monoisotopic (exact) mass is 306 g/mol. The number of carboxylic acid groups (broad SMARTS) is 1. The van der Waals surface area contributed by atoms with Crippen molar-refractivity contribution in [3.8, 4) is 5.75 Å². The molecule has 1 aromatic carbocycles. The molecule has 1 N–H and O–H groups in total. The van der Waals surface area contributed by atoms with Gasteiger partial charge in [0.2, 0.25) is 0 Å². The number of aryl methyl sites for hydroxylation is 1. The van der Waals surface area contributed by atoms with E-state index in [0.29, 0.717) is 5.56 Å². The Morgan fingerprint density at radius 1 is 1.29 bits per heavy atom. The number of benzene rings is 1. The summed E-state index contributed by atoms with van der Waals surface area (Å²) in [6.07, 6.45) is -5.07. The summed E-state index contributed by atoms with van der Waals surface area (Å²) in [6, 6.07) is 3.38. The number of halogens is 3. The van der Waals surface area contributed by atoms with Crippen LogP contribution in [0.2, 0.25) is 0 Å². The molecule has 0 saturated heterocycles. The van der Waals surface area contributed by atoms with Gasteiger partial charge in [0.05, 0.1) is 6.61 Å². The number of carbonyl (C=O) groups is 2. The highest BCUT2D eigenvalue weighted by Gasteiger charge is 2.33. The average Bonchev–Trinajstić information content (AvgIpc) is 2.35. The van der Waals surface area contributed by atoms with Crippen LogP contribution in [0.3, 0.4) is 0 Å². The van der Waals surface area contributed by atoms with Gasteiger partial charge in [0.1, 0.15) is 11.3 Å². The zero-order chi connectivity index (χ0) is 16.0. The van der Waals surface area contributed by atoms with Crippen LogP contribution < -0.4 is 4.74 Å². The highest BCUT2D eigenvalue weighted by Crippen LogP contribution is 2.28. The van der Waals surface area contributed by atoms with E-state index < -0.39 is 29.6 Å². The van der Waals surface area contributed by atoms with Crippen molar-refractivity contribution in [3.05, 3.63) is 29.3 Å². The standard InChI is InChI=1S/C13H13F3O5/c1-2-20-12(19)9-7-8(4-6-11(17)18)3-5-10(9)21-13(14,15)16/h3,5,7H,2,4,6H2,1H3,(H,17,18). The van der Waals surface area contributed by atoms with Crippen LogP contribution in [0.4, 0.5) is 13.2 Å². The maximum Gasteiger partial charge on any atom is 0.573 e. The number of carbonyl (C=O) groups excluding carboxylic acids is 1. The Morgan fingerprint density at radius 3 is 2.48 bits per heavy atom. The molecule has 0 fully saturated rings. The van der Waals surface area contributed by atoms with Gasteiger partial charge in [0, 0.05) is 6.42 Å². The topological polar surface area (TPSA) is 72.8 Å². The molecule has 0 unspecified atom stereocenters. The van der Waals surface area contributed by atoms with Gasteiger partial charge >= 0.3 is 18.3 Å². The van der Waals surface area contributed by atoms with E-state index in [2.05, 4.69) is 9.47 Å². The molecular formula is C13H13F3O5. The van der Waals surface area contributed by atoms with Gasteiger partial charge in [-0.05, 0) is 31.0 Å². The molecule has 0 aromatic heterocycles. The van der Waals surface area contributed by atoms with Gasteiger partial charge in [0.25, 0.3) is 0 Å². The van der Waals surface area contributed by atoms with Crippen molar-refractivity contribution < 1.29 is 37.3 Å². The first-order chi connectivity index (χ1) is 9.73. The Bertz CT molecular complexity index is 525. The summed E-state index contributed by atoms with van der Waals surface area (Å²) in [7, 11) is 0. The van der Waals surface area contributed by atoms with E-state index in [0.717, 1.165) is 12.1 Å². The van der Waals surface area contributed by atoms with E-state index in [1.807, 2.05) is 0 Å². The third kappa shape index (κ3) is 5.72. The zero-order valence-electron chi connectivity index (χ0n) is 11.1. The van der Waals surface area contributed by atoms with E-state index in [-0.39, 0.29) is 19.4 Å². The molecular weight excluding hydrogens is 293 g/mol. The number of carboxylic acids is 1. The molecule has 0 aliphatic heterocycles. The van der Waals surface area contributed by atoms with E-state index in [1.54, 1.807) is 0 Å². The highest BCUT2D eigenvalue weighted by molar-refractivity contribution is 5.92. The maximum atomic E-state index is 12.3. The van der Waals surface area contributed by atoms with Crippen molar-refractivity contribution in [1.29, 1.82) is 0 Å². The summed E-state index contributed by atoms with van der Waals surface area (Å²) < 4.78 is 45.2. The second kappa shape index (κ2) is 6.96. The van der Waals surface area contributed by atoms with E-state index in [4.69, 9.17) is 5.11 Å². The Balaban J connectivity index is 3.07. The molecule has 0 bridgehead atoms. The number of rotatable bonds is 6. The molecule has 0 radical (unpaired) electrons. The lowest BCUT2D eigenvalue weighted by atomic mass is 10.1. The molecule has 0 aliphatic carbocycles. The lowest BCUT2D eigenvalue weighted by Gasteiger charge is -2.13. The SMILES string of the molecule is CCOC(=O)c1cc(CCC(=O)O)ccc1OC(F)(F)F. The normalized spacial score (nSPS) is 11.0. The quantitative estimate of drug-likeness (QED) is 0.818. The molecule has 8 heteroatoms. The van der Waals surface area contributed by atoms with Crippen molar-refractivity contribution in [2.75, 3.05) is 6.61 Å². The largest absolute Gasteiger partial charge is 0.573 e. The van der Waals surface area contributed by atoms with Crippen molar-refractivity contribution in [3.63, 3.8) is 0 Å². The van der Waals surface area contributed by atoms with Crippen LogP contribution in [-0.4, -0.2) is 30.0 Å². The molecule has 5 nitrogen and oxygen atoms in total. The Kier molecular flexibility index (Phi) is 5.57. The zero-order valence-corrected chi connectivity index (χ0v) is 11.1. The van der Waals surface area contributed by atoms with Crippen LogP contribution in [0, 0.1) is 0 Å². The lowest BCUT2D eigenvalue weighted by molar-refractivity contribution is -0.274. The van der Waals surface area contributed by atoms with Crippen LogP contribution in [0.25, 0.3) is 0 Å². The lowest BCUT2D eigenvalue weighted by Crippen LogP contribution is -2.19. The fourth-order valence-corrected chi connectivity index (χ4v) is 1.57. The first-order valence-electron chi connectivity index (χ1n) is 6.00. The van der Waals surface area contributed by atoms with Crippen LogP contribution in [-0.2, 0) is 16.0 Å².